The van der Waals surface area contributed by atoms with Crippen molar-refractivity contribution >= 4 is 15.8 Å². The molecule has 0 atom stereocenters. The lowest BCUT2D eigenvalue weighted by Gasteiger charge is -2.07. The molecule has 2 aromatic rings. The molecule has 1 aromatic heterocycles. The summed E-state index contributed by atoms with van der Waals surface area (Å²) in [6.07, 6.45) is 1.11. The number of carboxylic acids is 1. The molecule has 0 bridgehead atoms. The minimum absolute atomic E-state index is 0.0163. The predicted octanol–water partition coefficient (Wildman–Crippen LogP) is 0.515. The summed E-state index contributed by atoms with van der Waals surface area (Å²) < 4.78 is 29.1. The Morgan fingerprint density at radius 1 is 1.33 bits per heavy atom. The zero-order chi connectivity index (χ0) is 15.6. The fourth-order valence-corrected chi connectivity index (χ4v) is 2.41. The summed E-state index contributed by atoms with van der Waals surface area (Å²) in [6, 6.07) is 5.89. The van der Waals surface area contributed by atoms with Crippen LogP contribution in [-0.4, -0.2) is 47.9 Å². The van der Waals surface area contributed by atoms with E-state index in [9.17, 15) is 13.2 Å². The molecule has 0 saturated carbocycles. The van der Waals surface area contributed by atoms with Crippen LogP contribution in [0.15, 0.2) is 29.2 Å². The lowest BCUT2D eigenvalue weighted by Crippen LogP contribution is -2.08. The van der Waals surface area contributed by atoms with Crippen LogP contribution in [0.25, 0.3) is 5.69 Å². The molecule has 0 fully saturated rings. The molecule has 0 aliphatic rings. The highest BCUT2D eigenvalue weighted by atomic mass is 32.2. The third kappa shape index (κ3) is 3.09. The Morgan fingerprint density at radius 2 is 1.95 bits per heavy atom. The van der Waals surface area contributed by atoms with Crippen LogP contribution >= 0.6 is 0 Å². The van der Waals surface area contributed by atoms with Gasteiger partial charge in [-0.15, -0.1) is 5.10 Å². The Bertz CT molecular complexity index is 765. The molecule has 1 aromatic carbocycles. The van der Waals surface area contributed by atoms with Crippen molar-refractivity contribution in [3.63, 3.8) is 0 Å². The van der Waals surface area contributed by atoms with Gasteiger partial charge in [0.1, 0.15) is 5.69 Å². The fraction of sp³-hybridized carbons (Fsp3) is 0.250. The second-order valence-electron chi connectivity index (χ2n) is 4.30. The van der Waals surface area contributed by atoms with E-state index in [0.29, 0.717) is 5.69 Å². The lowest BCUT2D eigenvalue weighted by molar-refractivity contribution is 0.0685. The number of nitrogens with zero attached hydrogens (tertiary/aromatic N) is 3. The maximum Gasteiger partial charge on any atom is 0.358 e. The number of methoxy groups -OCH3 is 1. The number of carbonyl (C=O) groups is 1. The summed E-state index contributed by atoms with van der Waals surface area (Å²) in [5, 5.41) is 16.4. The van der Waals surface area contributed by atoms with Gasteiger partial charge in [0.05, 0.1) is 17.2 Å². The van der Waals surface area contributed by atoms with Gasteiger partial charge in [0.2, 0.25) is 0 Å². The van der Waals surface area contributed by atoms with Gasteiger partial charge in [-0.2, -0.15) is 0 Å². The molecule has 0 amide bonds. The standard InChI is InChI=1S/C12H13N3O5S/c1-20-7-10-11(12(16)17)13-14-15(10)8-3-5-9(6-4-8)21(2,18)19/h3-6H,7H2,1-2H3,(H,16,17). The first-order valence-electron chi connectivity index (χ1n) is 5.82. The van der Waals surface area contributed by atoms with E-state index in [0.717, 1.165) is 6.26 Å². The van der Waals surface area contributed by atoms with Crippen LogP contribution in [-0.2, 0) is 21.2 Å². The number of ether oxygens (including phenoxy) is 1. The number of hydrogen-bond donors (Lipinski definition) is 1. The first-order chi connectivity index (χ1) is 9.84. The van der Waals surface area contributed by atoms with Gasteiger partial charge in [-0.25, -0.2) is 17.9 Å². The summed E-state index contributed by atoms with van der Waals surface area (Å²) in [5.41, 5.74) is 0.565. The third-order valence-corrected chi connectivity index (χ3v) is 3.88. The average Bonchev–Trinajstić information content (AvgIpc) is 2.82. The minimum Gasteiger partial charge on any atom is -0.476 e. The number of carboxylic acid groups (broad SMARTS) is 1. The van der Waals surface area contributed by atoms with E-state index in [1.807, 2.05) is 0 Å². The minimum atomic E-state index is -3.29. The maximum absolute atomic E-state index is 11.4. The Balaban J connectivity index is 2.49. The van der Waals surface area contributed by atoms with Crippen molar-refractivity contribution in [3.8, 4) is 5.69 Å². The second kappa shape index (κ2) is 5.62. The number of sulfone groups is 1. The molecule has 0 spiro atoms. The Morgan fingerprint density at radius 3 is 2.43 bits per heavy atom. The summed E-state index contributed by atoms with van der Waals surface area (Å²) in [5.74, 6) is -1.21. The van der Waals surface area contributed by atoms with E-state index in [2.05, 4.69) is 10.3 Å². The summed E-state index contributed by atoms with van der Waals surface area (Å²) in [6.45, 7) is 0.0163. The summed E-state index contributed by atoms with van der Waals surface area (Å²) in [7, 11) is -1.87. The average molecular weight is 311 g/mol. The monoisotopic (exact) mass is 311 g/mol. The molecule has 0 aliphatic carbocycles. The fourth-order valence-electron chi connectivity index (χ4n) is 1.78. The van der Waals surface area contributed by atoms with Crippen molar-refractivity contribution in [3.05, 3.63) is 35.7 Å². The van der Waals surface area contributed by atoms with Gasteiger partial charge in [-0.3, -0.25) is 0 Å². The first-order valence-corrected chi connectivity index (χ1v) is 7.71. The lowest BCUT2D eigenvalue weighted by atomic mass is 10.3. The largest absolute Gasteiger partial charge is 0.476 e. The molecule has 9 heteroatoms. The van der Waals surface area contributed by atoms with E-state index in [1.165, 1.54) is 36.1 Å². The zero-order valence-corrected chi connectivity index (χ0v) is 12.2. The van der Waals surface area contributed by atoms with E-state index in [-0.39, 0.29) is 22.9 Å². The number of aromatic carboxylic acids is 1. The zero-order valence-electron chi connectivity index (χ0n) is 11.3. The molecule has 21 heavy (non-hydrogen) atoms. The van der Waals surface area contributed by atoms with Crippen molar-refractivity contribution in [2.75, 3.05) is 13.4 Å². The molecule has 1 N–H and O–H groups in total. The Kier molecular flexibility index (Phi) is 4.05. The van der Waals surface area contributed by atoms with Crippen molar-refractivity contribution in [2.45, 2.75) is 11.5 Å². The normalized spacial score (nSPS) is 11.5. The van der Waals surface area contributed by atoms with Gasteiger partial charge in [0.15, 0.2) is 15.5 Å². The van der Waals surface area contributed by atoms with Gasteiger partial charge in [0.25, 0.3) is 0 Å². The van der Waals surface area contributed by atoms with E-state index in [4.69, 9.17) is 9.84 Å². The Labute approximate surface area is 120 Å². The highest BCUT2D eigenvalue weighted by Gasteiger charge is 2.20. The molecular weight excluding hydrogens is 298 g/mol. The van der Waals surface area contributed by atoms with Crippen molar-refractivity contribution in [1.82, 2.24) is 15.0 Å². The highest BCUT2D eigenvalue weighted by molar-refractivity contribution is 7.90. The molecule has 8 nitrogen and oxygen atoms in total. The van der Waals surface area contributed by atoms with Crippen LogP contribution in [0.5, 0.6) is 0 Å². The van der Waals surface area contributed by atoms with Crippen LogP contribution in [0.3, 0.4) is 0 Å². The smallest absolute Gasteiger partial charge is 0.358 e. The molecule has 1 heterocycles. The molecular formula is C12H13N3O5S. The third-order valence-electron chi connectivity index (χ3n) is 2.76. The van der Waals surface area contributed by atoms with Crippen LogP contribution in [0.2, 0.25) is 0 Å². The number of hydrogen-bond acceptors (Lipinski definition) is 6. The van der Waals surface area contributed by atoms with Crippen molar-refractivity contribution < 1.29 is 23.1 Å². The van der Waals surface area contributed by atoms with Crippen molar-refractivity contribution in [1.29, 1.82) is 0 Å². The number of benzene rings is 1. The predicted molar refractivity (Wildman–Crippen MR) is 72.1 cm³/mol. The maximum atomic E-state index is 11.4. The van der Waals surface area contributed by atoms with Gasteiger partial charge < -0.3 is 9.84 Å². The van der Waals surface area contributed by atoms with Crippen LogP contribution in [0, 0.1) is 0 Å². The van der Waals surface area contributed by atoms with Gasteiger partial charge in [0, 0.05) is 13.4 Å². The van der Waals surface area contributed by atoms with E-state index < -0.39 is 15.8 Å². The molecule has 2 rings (SSSR count). The molecule has 0 radical (unpaired) electrons. The highest BCUT2D eigenvalue weighted by Crippen LogP contribution is 2.17. The van der Waals surface area contributed by atoms with Crippen molar-refractivity contribution in [2.24, 2.45) is 0 Å². The molecule has 0 unspecified atom stereocenters. The SMILES string of the molecule is COCc1c(C(=O)O)nnn1-c1ccc(S(C)(=O)=O)cc1. The number of aromatic nitrogens is 3. The number of rotatable bonds is 5. The van der Waals surface area contributed by atoms with E-state index >= 15 is 0 Å². The topological polar surface area (TPSA) is 111 Å². The van der Waals surface area contributed by atoms with Crippen LogP contribution < -0.4 is 0 Å². The molecule has 0 aliphatic heterocycles. The van der Waals surface area contributed by atoms with Gasteiger partial charge >= 0.3 is 5.97 Å². The van der Waals surface area contributed by atoms with E-state index in [1.54, 1.807) is 0 Å². The molecule has 0 saturated heterocycles. The quantitative estimate of drug-likeness (QED) is 0.856. The van der Waals surface area contributed by atoms with Gasteiger partial charge in [-0.1, -0.05) is 5.21 Å². The van der Waals surface area contributed by atoms with Crippen LogP contribution in [0.1, 0.15) is 16.2 Å². The first kappa shape index (κ1) is 15.1. The molecule has 112 valence electrons. The van der Waals surface area contributed by atoms with Crippen LogP contribution in [0.4, 0.5) is 0 Å². The Hall–Kier alpha value is -2.26. The van der Waals surface area contributed by atoms with Gasteiger partial charge in [-0.05, 0) is 24.3 Å². The summed E-state index contributed by atoms with van der Waals surface area (Å²) >= 11 is 0. The second-order valence-corrected chi connectivity index (χ2v) is 6.32. The summed E-state index contributed by atoms with van der Waals surface area (Å²) in [4.78, 5) is 11.2.